The molecule has 4 rings (SSSR count). The van der Waals surface area contributed by atoms with Crippen molar-refractivity contribution in [3.05, 3.63) is 55.8 Å². The summed E-state index contributed by atoms with van der Waals surface area (Å²) in [7, 11) is 6.18. The molecule has 9 nitrogen and oxygen atoms in total. The molecule has 0 saturated heterocycles. The Hall–Kier alpha value is -3.31. The maximum atomic E-state index is 13.0. The summed E-state index contributed by atoms with van der Waals surface area (Å²) < 4.78 is 28.4. The van der Waals surface area contributed by atoms with Gasteiger partial charge in [-0.3, -0.25) is 4.79 Å². The van der Waals surface area contributed by atoms with E-state index in [1.807, 2.05) is 6.07 Å². The fourth-order valence-corrected chi connectivity index (χ4v) is 5.41. The summed E-state index contributed by atoms with van der Waals surface area (Å²) >= 11 is 9.28. The van der Waals surface area contributed by atoms with E-state index in [-0.39, 0.29) is 17.2 Å². The van der Waals surface area contributed by atoms with Crippen molar-refractivity contribution in [3.8, 4) is 34.1 Å². The first-order valence-electron chi connectivity index (χ1n) is 11.1. The standard InChI is InChI=1S/C25H26BrN3O6S/c1-12-10-19(29-35-12)28-25(36)27-16-8-6-14-20(13-7-9-18(31-2)17(30)11-15(13)16)22(32-3)24(34-5)23(33-4)21(14)26/h7,9-11,16H,6,8H2,1-5H3,(H2,27,28,29,36)/t16-/m0/s1. The van der Waals surface area contributed by atoms with Gasteiger partial charge in [0, 0.05) is 11.6 Å². The molecule has 0 saturated carbocycles. The summed E-state index contributed by atoms with van der Waals surface area (Å²) in [6, 6.07) is 6.51. The van der Waals surface area contributed by atoms with Crippen LogP contribution >= 0.6 is 28.1 Å². The largest absolute Gasteiger partial charge is 0.493 e. The van der Waals surface area contributed by atoms with Gasteiger partial charge in [-0.2, -0.15) is 0 Å². The monoisotopic (exact) mass is 575 g/mol. The number of fused-ring (bicyclic) bond motifs is 3. The van der Waals surface area contributed by atoms with Crippen molar-refractivity contribution in [2.75, 3.05) is 33.8 Å². The van der Waals surface area contributed by atoms with E-state index in [1.54, 1.807) is 46.5 Å². The van der Waals surface area contributed by atoms with Gasteiger partial charge in [0.1, 0.15) is 5.76 Å². The number of nitrogens with zero attached hydrogens (tertiary/aromatic N) is 1. The first-order valence-corrected chi connectivity index (χ1v) is 12.3. The second-order valence-electron chi connectivity index (χ2n) is 8.06. The first-order chi connectivity index (χ1) is 17.3. The number of hydrogen-bond acceptors (Lipinski definition) is 8. The lowest BCUT2D eigenvalue weighted by Crippen LogP contribution is -2.32. The van der Waals surface area contributed by atoms with Crippen LogP contribution in [0.25, 0.3) is 11.1 Å². The number of nitrogens with one attached hydrogen (secondary N) is 2. The molecule has 0 amide bonds. The lowest BCUT2D eigenvalue weighted by Gasteiger charge is -2.21. The minimum Gasteiger partial charge on any atom is -0.493 e. The van der Waals surface area contributed by atoms with Crippen molar-refractivity contribution in [1.29, 1.82) is 0 Å². The van der Waals surface area contributed by atoms with Crippen LogP contribution < -0.4 is 35.0 Å². The second-order valence-corrected chi connectivity index (χ2v) is 9.26. The van der Waals surface area contributed by atoms with E-state index in [4.69, 9.17) is 35.7 Å². The van der Waals surface area contributed by atoms with E-state index < -0.39 is 0 Å². The lowest BCUT2D eigenvalue weighted by atomic mass is 9.95. The molecule has 11 heteroatoms. The molecule has 0 aliphatic heterocycles. The van der Waals surface area contributed by atoms with Crippen LogP contribution in [-0.2, 0) is 6.42 Å². The Morgan fingerprint density at radius 3 is 2.42 bits per heavy atom. The number of halogens is 1. The summed E-state index contributed by atoms with van der Waals surface area (Å²) in [6.45, 7) is 1.80. The summed E-state index contributed by atoms with van der Waals surface area (Å²) in [5.74, 6) is 2.85. The molecule has 1 aromatic heterocycles. The van der Waals surface area contributed by atoms with Crippen molar-refractivity contribution in [3.63, 3.8) is 0 Å². The average Bonchev–Trinajstić information content (AvgIpc) is 3.11. The highest BCUT2D eigenvalue weighted by Gasteiger charge is 2.32. The minimum atomic E-state index is -0.321. The third-order valence-corrected chi connectivity index (χ3v) is 7.04. The Morgan fingerprint density at radius 2 is 1.81 bits per heavy atom. The van der Waals surface area contributed by atoms with Crippen molar-refractivity contribution in [2.45, 2.75) is 25.8 Å². The molecular formula is C25H26BrN3O6S. The van der Waals surface area contributed by atoms with E-state index in [9.17, 15) is 4.79 Å². The Balaban J connectivity index is 1.91. The van der Waals surface area contributed by atoms with Gasteiger partial charge in [0.05, 0.1) is 39.0 Å². The molecule has 1 aliphatic carbocycles. The zero-order chi connectivity index (χ0) is 26.0. The van der Waals surface area contributed by atoms with Crippen molar-refractivity contribution in [2.24, 2.45) is 0 Å². The molecule has 1 aliphatic rings. The number of thiocarbonyl (C=S) groups is 1. The molecule has 0 radical (unpaired) electrons. The molecule has 190 valence electrons. The van der Waals surface area contributed by atoms with Gasteiger partial charge in [-0.15, -0.1) is 0 Å². The van der Waals surface area contributed by atoms with Gasteiger partial charge in [-0.25, -0.2) is 0 Å². The molecule has 1 atom stereocenters. The molecule has 0 unspecified atom stereocenters. The molecule has 0 fully saturated rings. The third-order valence-electron chi connectivity index (χ3n) is 5.98. The van der Waals surface area contributed by atoms with Gasteiger partial charge in [0.15, 0.2) is 28.2 Å². The third kappa shape index (κ3) is 4.72. The van der Waals surface area contributed by atoms with E-state index in [1.165, 1.54) is 7.11 Å². The average molecular weight is 576 g/mol. The second kappa shape index (κ2) is 10.8. The van der Waals surface area contributed by atoms with Crippen LogP contribution in [0.15, 0.2) is 38.1 Å². The van der Waals surface area contributed by atoms with E-state index in [0.29, 0.717) is 46.8 Å². The van der Waals surface area contributed by atoms with Crippen LogP contribution in [0.5, 0.6) is 23.0 Å². The zero-order valence-electron chi connectivity index (χ0n) is 20.5. The highest BCUT2D eigenvalue weighted by atomic mass is 79.9. The van der Waals surface area contributed by atoms with E-state index >= 15 is 0 Å². The predicted molar refractivity (Wildman–Crippen MR) is 144 cm³/mol. The number of benzene rings is 1. The number of methoxy groups -OCH3 is 4. The molecular weight excluding hydrogens is 550 g/mol. The fraction of sp³-hybridized carbons (Fsp3) is 0.320. The van der Waals surface area contributed by atoms with Crippen molar-refractivity contribution >= 4 is 39.1 Å². The Labute approximate surface area is 222 Å². The molecule has 0 bridgehead atoms. The lowest BCUT2D eigenvalue weighted by molar-refractivity contribution is 0.323. The molecule has 0 spiro atoms. The molecule has 36 heavy (non-hydrogen) atoms. The first kappa shape index (κ1) is 25.8. The maximum absolute atomic E-state index is 13.0. The van der Waals surface area contributed by atoms with E-state index in [2.05, 4.69) is 31.7 Å². The van der Waals surface area contributed by atoms with Gasteiger partial charge in [-0.1, -0.05) is 11.2 Å². The van der Waals surface area contributed by atoms with Crippen LogP contribution in [0, 0.1) is 6.92 Å². The van der Waals surface area contributed by atoms with E-state index in [0.717, 1.165) is 26.7 Å². The van der Waals surface area contributed by atoms with Gasteiger partial charge < -0.3 is 34.1 Å². The highest BCUT2D eigenvalue weighted by Crippen LogP contribution is 2.54. The number of ether oxygens (including phenoxy) is 4. The normalized spacial score (nSPS) is 14.1. The van der Waals surface area contributed by atoms with Crippen LogP contribution in [0.2, 0.25) is 0 Å². The van der Waals surface area contributed by atoms with Crippen molar-refractivity contribution < 1.29 is 23.5 Å². The fourth-order valence-electron chi connectivity index (χ4n) is 4.42. The summed E-state index contributed by atoms with van der Waals surface area (Å²) in [5, 5.41) is 10.7. The minimum absolute atomic E-state index is 0.223. The summed E-state index contributed by atoms with van der Waals surface area (Å²) in [4.78, 5) is 13.0. The van der Waals surface area contributed by atoms with Crippen LogP contribution in [0.3, 0.4) is 0 Å². The van der Waals surface area contributed by atoms with Crippen molar-refractivity contribution in [1.82, 2.24) is 10.5 Å². The zero-order valence-corrected chi connectivity index (χ0v) is 22.9. The molecule has 1 heterocycles. The van der Waals surface area contributed by atoms with Gasteiger partial charge in [-0.05, 0) is 76.7 Å². The van der Waals surface area contributed by atoms with Crippen LogP contribution in [0.4, 0.5) is 5.82 Å². The number of hydrogen-bond donors (Lipinski definition) is 2. The number of aromatic nitrogens is 1. The predicted octanol–water partition coefficient (Wildman–Crippen LogP) is 4.78. The maximum Gasteiger partial charge on any atom is 0.220 e. The Morgan fingerprint density at radius 1 is 1.08 bits per heavy atom. The van der Waals surface area contributed by atoms with Gasteiger partial charge in [0.2, 0.25) is 11.2 Å². The quantitative estimate of drug-likeness (QED) is 0.399. The molecule has 3 aromatic rings. The summed E-state index contributed by atoms with van der Waals surface area (Å²) in [5.41, 5.74) is 3.01. The van der Waals surface area contributed by atoms with Gasteiger partial charge >= 0.3 is 0 Å². The summed E-state index contributed by atoms with van der Waals surface area (Å²) in [6.07, 6.45) is 1.24. The number of aryl methyl sites for hydroxylation is 1. The number of rotatable bonds is 6. The van der Waals surface area contributed by atoms with Gasteiger partial charge in [0.25, 0.3) is 0 Å². The number of anilines is 1. The molecule has 2 N–H and O–H groups in total. The smallest absolute Gasteiger partial charge is 0.220 e. The van der Waals surface area contributed by atoms with Crippen LogP contribution in [-0.4, -0.2) is 38.7 Å². The highest BCUT2D eigenvalue weighted by molar-refractivity contribution is 9.10. The topological polar surface area (TPSA) is 104 Å². The molecule has 2 aromatic carbocycles. The van der Waals surface area contributed by atoms with Crippen LogP contribution in [0.1, 0.15) is 29.3 Å². The SMILES string of the molecule is COc1c(Br)c2c(c(OC)c1OC)-c1ccc(OC)c(=O)cc1[C@@H](NC(=S)Nc1cc(C)on1)CC2. The Bertz CT molecular complexity index is 1380. The Kier molecular flexibility index (Phi) is 7.70.